The van der Waals surface area contributed by atoms with Crippen molar-refractivity contribution in [2.75, 3.05) is 19.6 Å². The highest BCUT2D eigenvalue weighted by molar-refractivity contribution is 5.88. The molecule has 2 aliphatic heterocycles. The summed E-state index contributed by atoms with van der Waals surface area (Å²) >= 11 is 0. The zero-order valence-corrected chi connectivity index (χ0v) is 22.6. The second-order valence-electron chi connectivity index (χ2n) is 12.2. The van der Waals surface area contributed by atoms with E-state index in [-0.39, 0.29) is 41.8 Å². The third-order valence-electron chi connectivity index (χ3n) is 7.14. The number of hydrogen-bond donors (Lipinski definition) is 3. The minimum atomic E-state index is -0.867. The van der Waals surface area contributed by atoms with Gasteiger partial charge in [0.15, 0.2) is 0 Å². The molecule has 0 aromatic heterocycles. The van der Waals surface area contributed by atoms with Gasteiger partial charge in [0.05, 0.1) is 6.04 Å². The average Bonchev–Trinajstić information content (AvgIpc) is 3.36. The van der Waals surface area contributed by atoms with Gasteiger partial charge in [0.25, 0.3) is 0 Å². The maximum Gasteiger partial charge on any atom is 0.410 e. The van der Waals surface area contributed by atoms with E-state index in [1.54, 1.807) is 4.90 Å². The molecule has 3 fully saturated rings. The van der Waals surface area contributed by atoms with Gasteiger partial charge in [0.1, 0.15) is 24.0 Å². The van der Waals surface area contributed by atoms with Crippen LogP contribution in [0.4, 0.5) is 9.59 Å². The van der Waals surface area contributed by atoms with Crippen molar-refractivity contribution in [3.63, 3.8) is 0 Å². The summed E-state index contributed by atoms with van der Waals surface area (Å²) in [5.41, 5.74) is -0.616. The second-order valence-corrected chi connectivity index (χ2v) is 12.2. The number of aldehydes is 1. The first-order valence-corrected chi connectivity index (χ1v) is 13.3. The molecule has 0 aromatic carbocycles. The highest BCUT2D eigenvalue weighted by atomic mass is 16.6. The Bertz CT molecular complexity index is 879. The zero-order chi connectivity index (χ0) is 27.4. The third kappa shape index (κ3) is 8.07. The molecule has 0 aromatic rings. The van der Waals surface area contributed by atoms with Crippen LogP contribution in [0.3, 0.4) is 0 Å². The molecular weight excluding hydrogens is 480 g/mol. The van der Waals surface area contributed by atoms with Gasteiger partial charge >= 0.3 is 12.2 Å². The smallest absolute Gasteiger partial charge is 0.410 e. The van der Waals surface area contributed by atoms with Crippen LogP contribution in [0.5, 0.6) is 0 Å². The van der Waals surface area contributed by atoms with E-state index in [1.807, 2.05) is 34.6 Å². The summed E-state index contributed by atoms with van der Waals surface area (Å²) in [6, 6.07) is -1.68. The summed E-state index contributed by atoms with van der Waals surface area (Å²) in [5.74, 6) is -0.799. The fourth-order valence-electron chi connectivity index (χ4n) is 5.40. The number of carbonyl (C=O) groups excluding carboxylic acids is 5. The molecule has 1 unspecified atom stereocenters. The van der Waals surface area contributed by atoms with Crippen molar-refractivity contribution in [2.24, 2.45) is 17.3 Å². The first-order chi connectivity index (χ1) is 17.3. The van der Waals surface area contributed by atoms with Crippen LogP contribution in [0.1, 0.15) is 73.1 Å². The largest absolute Gasteiger partial charge is 0.446 e. The lowest BCUT2D eigenvalue weighted by Gasteiger charge is -2.48. The van der Waals surface area contributed by atoms with Crippen molar-refractivity contribution in [1.82, 2.24) is 20.9 Å². The highest BCUT2D eigenvalue weighted by Gasteiger charge is 2.51. The predicted molar refractivity (Wildman–Crippen MR) is 134 cm³/mol. The van der Waals surface area contributed by atoms with Gasteiger partial charge in [-0.05, 0) is 65.2 Å². The second kappa shape index (κ2) is 11.7. The van der Waals surface area contributed by atoms with Crippen molar-refractivity contribution < 1.29 is 33.4 Å². The minimum Gasteiger partial charge on any atom is -0.446 e. The summed E-state index contributed by atoms with van der Waals surface area (Å²) in [6.45, 7) is 11.1. The van der Waals surface area contributed by atoms with Crippen LogP contribution >= 0.6 is 0 Å². The Morgan fingerprint density at radius 3 is 2.46 bits per heavy atom. The third-order valence-corrected chi connectivity index (χ3v) is 7.14. The minimum absolute atomic E-state index is 0.0692. The van der Waals surface area contributed by atoms with Gasteiger partial charge in [-0.2, -0.15) is 0 Å². The van der Waals surface area contributed by atoms with Gasteiger partial charge in [-0.25, -0.2) is 9.59 Å². The molecule has 1 saturated carbocycles. The standard InChI is InChI=1S/C26H42N4O7/c1-16(2)10-20(22(33)28-18(13-31)11-17-7-9-27-21(17)32)29-23(34)36-19-6-8-26(12-19)14-30(15-26)24(35)37-25(3,4)5/h13,16-20H,6-12,14-15H2,1-5H3,(H,27,32)(H,28,33)(H,29,34)/t17-,18+,19?,20+/m1/s1. The average molecular weight is 523 g/mol. The van der Waals surface area contributed by atoms with Crippen molar-refractivity contribution >= 4 is 30.3 Å². The number of nitrogens with zero attached hydrogens (tertiary/aromatic N) is 1. The first kappa shape index (κ1) is 28.7. The normalized spacial score (nSPS) is 24.2. The van der Waals surface area contributed by atoms with Crippen LogP contribution in [0.25, 0.3) is 0 Å². The van der Waals surface area contributed by atoms with Crippen LogP contribution in [0.2, 0.25) is 0 Å². The van der Waals surface area contributed by atoms with Gasteiger partial charge < -0.3 is 35.1 Å². The maximum absolute atomic E-state index is 12.9. The number of amides is 4. The predicted octanol–water partition coefficient (Wildman–Crippen LogP) is 2.13. The van der Waals surface area contributed by atoms with Crippen LogP contribution < -0.4 is 16.0 Å². The Hall–Kier alpha value is -2.85. The topological polar surface area (TPSA) is 143 Å². The van der Waals surface area contributed by atoms with Gasteiger partial charge in [0.2, 0.25) is 11.8 Å². The highest BCUT2D eigenvalue weighted by Crippen LogP contribution is 2.46. The Labute approximate surface area is 218 Å². The Balaban J connectivity index is 1.48. The molecule has 11 heteroatoms. The molecule has 37 heavy (non-hydrogen) atoms. The lowest BCUT2D eigenvalue weighted by atomic mass is 9.78. The molecule has 0 radical (unpaired) electrons. The molecule has 2 saturated heterocycles. The molecule has 208 valence electrons. The summed E-state index contributed by atoms with van der Waals surface area (Å²) in [5, 5.41) is 8.07. The van der Waals surface area contributed by atoms with Gasteiger partial charge in [0, 0.05) is 31.0 Å². The Kier molecular flexibility index (Phi) is 9.07. The van der Waals surface area contributed by atoms with E-state index in [2.05, 4.69) is 16.0 Å². The molecule has 0 bridgehead atoms. The molecule has 3 rings (SSSR count). The number of ether oxygens (including phenoxy) is 2. The van der Waals surface area contributed by atoms with E-state index >= 15 is 0 Å². The monoisotopic (exact) mass is 522 g/mol. The number of rotatable bonds is 9. The Morgan fingerprint density at radius 1 is 1.19 bits per heavy atom. The molecule has 1 aliphatic carbocycles. The quantitative estimate of drug-likeness (QED) is 0.394. The SMILES string of the molecule is CC(C)C[C@H](NC(=O)OC1CCC2(C1)CN(C(=O)OC(C)(C)C)C2)C(=O)N[C@H](C=O)C[C@H]1CCNC1=O. The lowest BCUT2D eigenvalue weighted by molar-refractivity contribution is -0.127. The van der Waals surface area contributed by atoms with E-state index in [9.17, 15) is 24.0 Å². The first-order valence-electron chi connectivity index (χ1n) is 13.3. The van der Waals surface area contributed by atoms with Gasteiger partial charge in [-0.1, -0.05) is 13.8 Å². The van der Waals surface area contributed by atoms with Crippen LogP contribution in [0, 0.1) is 17.3 Å². The van der Waals surface area contributed by atoms with Gasteiger partial charge in [-0.3, -0.25) is 9.59 Å². The van der Waals surface area contributed by atoms with E-state index in [0.717, 1.165) is 6.42 Å². The number of alkyl carbamates (subject to hydrolysis) is 1. The number of nitrogens with one attached hydrogen (secondary N) is 3. The van der Waals surface area contributed by atoms with Crippen LogP contribution in [0.15, 0.2) is 0 Å². The van der Waals surface area contributed by atoms with E-state index < -0.39 is 29.7 Å². The molecule has 3 N–H and O–H groups in total. The van der Waals surface area contributed by atoms with E-state index in [0.29, 0.717) is 51.6 Å². The molecular formula is C26H42N4O7. The lowest BCUT2D eigenvalue weighted by Crippen LogP contribution is -2.58. The number of likely N-dealkylation sites (tertiary alicyclic amines) is 1. The fourth-order valence-corrected chi connectivity index (χ4v) is 5.40. The summed E-state index contributed by atoms with van der Waals surface area (Å²) in [4.78, 5) is 63.0. The van der Waals surface area contributed by atoms with Crippen LogP contribution in [-0.2, 0) is 23.9 Å². The van der Waals surface area contributed by atoms with E-state index in [4.69, 9.17) is 9.47 Å². The molecule has 4 amide bonds. The zero-order valence-electron chi connectivity index (χ0n) is 22.6. The molecule has 11 nitrogen and oxygen atoms in total. The van der Waals surface area contributed by atoms with Crippen molar-refractivity contribution in [3.05, 3.63) is 0 Å². The number of hydrogen-bond acceptors (Lipinski definition) is 7. The van der Waals surface area contributed by atoms with Crippen molar-refractivity contribution in [3.8, 4) is 0 Å². The van der Waals surface area contributed by atoms with Gasteiger partial charge in [-0.15, -0.1) is 0 Å². The maximum atomic E-state index is 12.9. The number of carbonyl (C=O) groups is 5. The summed E-state index contributed by atoms with van der Waals surface area (Å²) in [7, 11) is 0. The van der Waals surface area contributed by atoms with Crippen LogP contribution in [-0.4, -0.2) is 78.6 Å². The van der Waals surface area contributed by atoms with Crippen molar-refractivity contribution in [1.29, 1.82) is 0 Å². The summed E-state index contributed by atoms with van der Waals surface area (Å²) < 4.78 is 11.1. The van der Waals surface area contributed by atoms with E-state index in [1.165, 1.54) is 0 Å². The molecule has 1 spiro atoms. The fraction of sp³-hybridized carbons (Fsp3) is 0.808. The van der Waals surface area contributed by atoms with Crippen molar-refractivity contribution in [2.45, 2.75) is 96.9 Å². The molecule has 2 heterocycles. The summed E-state index contributed by atoms with van der Waals surface area (Å²) in [6.07, 6.45) is 2.73. The molecule has 4 atom stereocenters. The molecule has 3 aliphatic rings. The Morgan fingerprint density at radius 2 is 1.89 bits per heavy atom.